The number of fused-ring (bicyclic) bond motifs is 1. The second-order valence-electron chi connectivity index (χ2n) is 7.45. The summed E-state index contributed by atoms with van der Waals surface area (Å²) in [5, 5.41) is 0. The summed E-state index contributed by atoms with van der Waals surface area (Å²) in [5.41, 5.74) is 5.92. The van der Waals surface area contributed by atoms with E-state index in [0.29, 0.717) is 0 Å². The first-order valence-electron chi connectivity index (χ1n) is 10.1. The lowest BCUT2D eigenvalue weighted by Gasteiger charge is -2.22. The third-order valence-corrected chi connectivity index (χ3v) is 5.27. The summed E-state index contributed by atoms with van der Waals surface area (Å²) >= 11 is 0. The minimum Gasteiger partial charge on any atom is -0.372 e. The maximum Gasteiger partial charge on any atom is 0.332 e. The van der Waals surface area contributed by atoms with Crippen molar-refractivity contribution in [2.45, 2.75) is 32.2 Å². The molecule has 0 radical (unpaired) electrons. The fourth-order valence-corrected chi connectivity index (χ4v) is 3.65. The summed E-state index contributed by atoms with van der Waals surface area (Å²) in [6, 6.07) is 10.8. The standard InChI is InChI=1S/C12H17N.C9H11N5O3/c1-2-7-11-13(10-6-1)12-8-4-3-5-9-12;1-12-7-6(8(16)13(2)9(12)17)14(4-11-7)3-5(10)15/h3-5,8-9H,1-2,6-7,10-11H2;4H,3H2,1-2H3,(H2,10,15). The number of rotatable bonds is 3. The predicted octanol–water partition coefficient (Wildman–Crippen LogP) is 0.986. The normalized spacial score (nSPS) is 14.1. The molecule has 9 nitrogen and oxygen atoms in total. The molecule has 9 heteroatoms. The Morgan fingerprint density at radius 1 is 1.00 bits per heavy atom. The van der Waals surface area contributed by atoms with Crippen LogP contribution in [0.2, 0.25) is 0 Å². The number of para-hydroxylation sites is 1. The summed E-state index contributed by atoms with van der Waals surface area (Å²) in [5.74, 6) is -0.583. The van der Waals surface area contributed by atoms with E-state index < -0.39 is 17.2 Å². The van der Waals surface area contributed by atoms with Gasteiger partial charge < -0.3 is 15.2 Å². The Balaban J connectivity index is 0.000000177. The summed E-state index contributed by atoms with van der Waals surface area (Å²) in [6.45, 7) is 2.33. The van der Waals surface area contributed by atoms with Crippen molar-refractivity contribution >= 4 is 22.8 Å². The van der Waals surface area contributed by atoms with E-state index in [4.69, 9.17) is 5.73 Å². The first-order chi connectivity index (χ1) is 14.4. The number of imidazole rings is 1. The Kier molecular flexibility index (Phi) is 6.71. The highest BCUT2D eigenvalue weighted by Gasteiger charge is 2.14. The molecule has 0 saturated carbocycles. The van der Waals surface area contributed by atoms with Gasteiger partial charge in [0.05, 0.1) is 6.33 Å². The molecule has 1 fully saturated rings. The van der Waals surface area contributed by atoms with Crippen LogP contribution in [0.3, 0.4) is 0 Å². The fraction of sp³-hybridized carbons (Fsp3) is 0.429. The highest BCUT2D eigenvalue weighted by atomic mass is 16.2. The first-order valence-corrected chi connectivity index (χ1v) is 10.1. The highest BCUT2D eigenvalue weighted by molar-refractivity contribution is 5.77. The zero-order valence-corrected chi connectivity index (χ0v) is 17.5. The van der Waals surface area contributed by atoms with E-state index in [2.05, 4.69) is 40.2 Å². The summed E-state index contributed by atoms with van der Waals surface area (Å²) in [6.07, 6.45) is 6.84. The van der Waals surface area contributed by atoms with Gasteiger partial charge in [-0.1, -0.05) is 31.0 Å². The molecule has 1 saturated heterocycles. The van der Waals surface area contributed by atoms with Gasteiger partial charge in [0.1, 0.15) is 6.54 Å². The number of primary amides is 1. The van der Waals surface area contributed by atoms with Crippen LogP contribution in [0.4, 0.5) is 5.69 Å². The van der Waals surface area contributed by atoms with Crippen LogP contribution in [0.1, 0.15) is 25.7 Å². The molecule has 4 rings (SSSR count). The monoisotopic (exact) mass is 412 g/mol. The molecule has 1 aliphatic heterocycles. The average Bonchev–Trinajstić information content (AvgIpc) is 2.97. The van der Waals surface area contributed by atoms with Crippen LogP contribution in [0.25, 0.3) is 11.2 Å². The van der Waals surface area contributed by atoms with Gasteiger partial charge in [0.15, 0.2) is 11.2 Å². The number of hydrogen-bond donors (Lipinski definition) is 1. The molecule has 3 aromatic rings. The van der Waals surface area contributed by atoms with Crippen molar-refractivity contribution in [3.8, 4) is 0 Å². The lowest BCUT2D eigenvalue weighted by Crippen LogP contribution is -2.37. The number of anilines is 1. The van der Waals surface area contributed by atoms with E-state index in [0.717, 1.165) is 4.57 Å². The maximum absolute atomic E-state index is 11.9. The Morgan fingerprint density at radius 2 is 1.63 bits per heavy atom. The number of aromatic nitrogens is 4. The number of nitrogens with zero attached hydrogens (tertiary/aromatic N) is 5. The Morgan fingerprint density at radius 3 is 2.23 bits per heavy atom. The van der Waals surface area contributed by atoms with Gasteiger partial charge >= 0.3 is 5.69 Å². The van der Waals surface area contributed by atoms with Crippen molar-refractivity contribution in [1.82, 2.24) is 18.7 Å². The van der Waals surface area contributed by atoms with Gasteiger partial charge in [0.25, 0.3) is 5.56 Å². The number of carbonyl (C=O) groups is 1. The molecule has 2 aromatic heterocycles. The number of aryl methyl sites for hydroxylation is 1. The molecular weight excluding hydrogens is 384 g/mol. The zero-order valence-electron chi connectivity index (χ0n) is 17.5. The molecule has 2 N–H and O–H groups in total. The summed E-state index contributed by atoms with van der Waals surface area (Å²) < 4.78 is 3.54. The number of hydrogen-bond acceptors (Lipinski definition) is 5. The third kappa shape index (κ3) is 4.61. The Hall–Kier alpha value is -3.36. The Bertz CT molecular complexity index is 1120. The lowest BCUT2D eigenvalue weighted by atomic mass is 10.2. The molecule has 3 heterocycles. The third-order valence-electron chi connectivity index (χ3n) is 5.27. The van der Waals surface area contributed by atoms with E-state index >= 15 is 0 Å². The Labute approximate surface area is 174 Å². The lowest BCUT2D eigenvalue weighted by molar-refractivity contribution is -0.118. The van der Waals surface area contributed by atoms with Crippen LogP contribution in [-0.4, -0.2) is 37.7 Å². The van der Waals surface area contributed by atoms with Gasteiger partial charge in [0, 0.05) is 32.9 Å². The summed E-state index contributed by atoms with van der Waals surface area (Å²) in [4.78, 5) is 40.8. The van der Waals surface area contributed by atoms with E-state index in [1.807, 2.05) is 0 Å². The predicted molar refractivity (Wildman–Crippen MR) is 117 cm³/mol. The highest BCUT2D eigenvalue weighted by Crippen LogP contribution is 2.18. The molecule has 160 valence electrons. The van der Waals surface area contributed by atoms with Crippen molar-refractivity contribution in [1.29, 1.82) is 0 Å². The van der Waals surface area contributed by atoms with Crippen LogP contribution in [-0.2, 0) is 25.4 Å². The molecular formula is C21H28N6O3. The van der Waals surface area contributed by atoms with E-state index in [-0.39, 0.29) is 17.7 Å². The van der Waals surface area contributed by atoms with Crippen molar-refractivity contribution in [2.24, 2.45) is 19.8 Å². The molecule has 0 atom stereocenters. The average molecular weight is 412 g/mol. The minimum absolute atomic E-state index is 0.149. The van der Waals surface area contributed by atoms with Crippen LogP contribution >= 0.6 is 0 Å². The van der Waals surface area contributed by atoms with E-state index in [1.54, 1.807) is 0 Å². The first kappa shape index (κ1) is 21.4. The van der Waals surface area contributed by atoms with Crippen molar-refractivity contribution < 1.29 is 4.79 Å². The van der Waals surface area contributed by atoms with E-state index in [1.165, 1.54) is 74.0 Å². The molecule has 0 unspecified atom stereocenters. The zero-order chi connectivity index (χ0) is 21.7. The van der Waals surface area contributed by atoms with E-state index in [9.17, 15) is 14.4 Å². The number of benzene rings is 1. The van der Waals surface area contributed by atoms with Crippen molar-refractivity contribution in [3.05, 3.63) is 57.5 Å². The molecule has 1 aromatic carbocycles. The molecule has 0 aliphatic carbocycles. The quantitative estimate of drug-likeness (QED) is 0.690. The molecule has 1 aliphatic rings. The van der Waals surface area contributed by atoms with Crippen LogP contribution in [0, 0.1) is 0 Å². The van der Waals surface area contributed by atoms with Crippen LogP contribution in [0.5, 0.6) is 0 Å². The van der Waals surface area contributed by atoms with Crippen molar-refractivity contribution in [3.63, 3.8) is 0 Å². The minimum atomic E-state index is -0.583. The topological polar surface area (TPSA) is 108 Å². The number of amides is 1. The van der Waals surface area contributed by atoms with Gasteiger partial charge in [-0.05, 0) is 25.0 Å². The number of nitrogens with two attached hydrogens (primary N) is 1. The van der Waals surface area contributed by atoms with Gasteiger partial charge in [-0.25, -0.2) is 9.78 Å². The second-order valence-corrected chi connectivity index (χ2v) is 7.45. The summed E-state index contributed by atoms with van der Waals surface area (Å²) in [7, 11) is 2.87. The second kappa shape index (κ2) is 9.43. The van der Waals surface area contributed by atoms with Crippen LogP contribution in [0.15, 0.2) is 46.2 Å². The van der Waals surface area contributed by atoms with Gasteiger partial charge in [0.2, 0.25) is 5.91 Å². The van der Waals surface area contributed by atoms with Crippen LogP contribution < -0.4 is 21.9 Å². The molecule has 30 heavy (non-hydrogen) atoms. The SMILES string of the molecule is Cn1c(=O)c2c(ncn2CC(N)=O)n(C)c1=O.c1ccc(N2CCCCCC2)cc1. The number of carbonyl (C=O) groups excluding carboxylic acids is 1. The molecule has 1 amide bonds. The molecule has 0 bridgehead atoms. The van der Waals surface area contributed by atoms with Gasteiger partial charge in [-0.15, -0.1) is 0 Å². The van der Waals surface area contributed by atoms with Gasteiger partial charge in [-0.3, -0.25) is 18.7 Å². The largest absolute Gasteiger partial charge is 0.372 e. The maximum atomic E-state index is 11.9. The smallest absolute Gasteiger partial charge is 0.332 e. The fourth-order valence-electron chi connectivity index (χ4n) is 3.65. The van der Waals surface area contributed by atoms with Crippen molar-refractivity contribution in [2.75, 3.05) is 18.0 Å². The molecule has 0 spiro atoms. The van der Waals surface area contributed by atoms with Gasteiger partial charge in [-0.2, -0.15) is 0 Å².